The zero-order valence-corrected chi connectivity index (χ0v) is 11.4. The highest BCUT2D eigenvalue weighted by Gasteiger charge is 2.34. The van der Waals surface area contributed by atoms with Crippen molar-refractivity contribution in [2.45, 2.75) is 38.1 Å². The predicted octanol–water partition coefficient (Wildman–Crippen LogP) is 3.45. The summed E-state index contributed by atoms with van der Waals surface area (Å²) in [5, 5.41) is 0. The standard InChI is InChI=1S/C14H16BrNO/c15-11-6-3-5-10-4-1-2-9-16-12(14(10)11)7-8-13(16)17/h3,5-6,12H,1-2,4,7-9H2. The van der Waals surface area contributed by atoms with Crippen molar-refractivity contribution in [2.24, 2.45) is 0 Å². The molecule has 1 fully saturated rings. The summed E-state index contributed by atoms with van der Waals surface area (Å²) in [6.45, 7) is 0.935. The van der Waals surface area contributed by atoms with E-state index in [1.54, 1.807) is 0 Å². The zero-order valence-electron chi connectivity index (χ0n) is 9.79. The number of carbonyl (C=O) groups excluding carboxylic acids is 1. The molecule has 1 aromatic carbocycles. The Morgan fingerprint density at radius 3 is 3.00 bits per heavy atom. The minimum atomic E-state index is 0.313. The number of nitrogens with zero attached hydrogens (tertiary/aromatic N) is 1. The van der Waals surface area contributed by atoms with E-state index < -0.39 is 0 Å². The minimum Gasteiger partial charge on any atom is -0.336 e. The first-order chi connectivity index (χ1) is 8.27. The minimum absolute atomic E-state index is 0.313. The van der Waals surface area contributed by atoms with Gasteiger partial charge in [0.25, 0.3) is 0 Å². The highest BCUT2D eigenvalue weighted by atomic mass is 79.9. The number of aryl methyl sites for hydroxylation is 1. The third kappa shape index (κ3) is 1.90. The molecular weight excluding hydrogens is 278 g/mol. The average molecular weight is 294 g/mol. The van der Waals surface area contributed by atoms with Crippen LogP contribution >= 0.6 is 15.9 Å². The van der Waals surface area contributed by atoms with Gasteiger partial charge >= 0.3 is 0 Å². The highest BCUT2D eigenvalue weighted by Crippen LogP contribution is 2.40. The molecule has 2 nitrogen and oxygen atoms in total. The van der Waals surface area contributed by atoms with Crippen LogP contribution in [0.3, 0.4) is 0 Å². The zero-order chi connectivity index (χ0) is 11.8. The summed E-state index contributed by atoms with van der Waals surface area (Å²) in [4.78, 5) is 14.0. The largest absolute Gasteiger partial charge is 0.336 e. The highest BCUT2D eigenvalue weighted by molar-refractivity contribution is 9.10. The maximum Gasteiger partial charge on any atom is 0.223 e. The van der Waals surface area contributed by atoms with Crippen molar-refractivity contribution in [1.82, 2.24) is 4.90 Å². The van der Waals surface area contributed by atoms with E-state index in [1.165, 1.54) is 22.0 Å². The van der Waals surface area contributed by atoms with Crippen LogP contribution in [-0.2, 0) is 11.2 Å². The first-order valence-corrected chi connectivity index (χ1v) is 7.13. The number of benzene rings is 1. The number of hydrogen-bond donors (Lipinski definition) is 0. The molecule has 1 unspecified atom stereocenters. The third-order valence-electron chi connectivity index (χ3n) is 3.90. The number of hydrogen-bond acceptors (Lipinski definition) is 1. The summed E-state index contributed by atoms with van der Waals surface area (Å²) in [6, 6.07) is 6.73. The number of rotatable bonds is 0. The Morgan fingerprint density at radius 1 is 1.24 bits per heavy atom. The van der Waals surface area contributed by atoms with Crippen LogP contribution in [0.2, 0.25) is 0 Å². The molecular formula is C14H16BrNO. The van der Waals surface area contributed by atoms with E-state index in [1.807, 2.05) is 0 Å². The van der Waals surface area contributed by atoms with Gasteiger partial charge in [-0.25, -0.2) is 0 Å². The van der Waals surface area contributed by atoms with Gasteiger partial charge in [0, 0.05) is 17.4 Å². The average Bonchev–Trinajstić information content (AvgIpc) is 2.62. The van der Waals surface area contributed by atoms with Crippen LogP contribution < -0.4 is 0 Å². The summed E-state index contributed by atoms with van der Waals surface area (Å²) in [5.74, 6) is 0.332. The number of halogens is 1. The molecule has 0 bridgehead atoms. The second-order valence-electron chi connectivity index (χ2n) is 4.91. The van der Waals surface area contributed by atoms with E-state index >= 15 is 0 Å². The van der Waals surface area contributed by atoms with Gasteiger partial charge < -0.3 is 4.90 Å². The summed E-state index contributed by atoms with van der Waals surface area (Å²) >= 11 is 3.66. The van der Waals surface area contributed by atoms with Crippen molar-refractivity contribution in [3.8, 4) is 0 Å². The second kappa shape index (κ2) is 4.45. The first-order valence-electron chi connectivity index (χ1n) is 6.34. The molecule has 2 aliphatic heterocycles. The molecule has 0 aromatic heterocycles. The van der Waals surface area contributed by atoms with Crippen LogP contribution in [0.1, 0.15) is 42.9 Å². The monoisotopic (exact) mass is 293 g/mol. The van der Waals surface area contributed by atoms with Crippen molar-refractivity contribution in [3.05, 3.63) is 33.8 Å². The Kier molecular flexibility index (Phi) is 2.95. The molecule has 1 atom stereocenters. The van der Waals surface area contributed by atoms with Gasteiger partial charge in [-0.2, -0.15) is 0 Å². The number of carbonyl (C=O) groups is 1. The molecule has 0 N–H and O–H groups in total. The molecule has 0 aliphatic carbocycles. The van der Waals surface area contributed by atoms with Gasteiger partial charge in [0.05, 0.1) is 6.04 Å². The summed E-state index contributed by atoms with van der Waals surface area (Å²) < 4.78 is 1.17. The Bertz CT molecular complexity index is 458. The van der Waals surface area contributed by atoms with Crippen molar-refractivity contribution in [2.75, 3.05) is 6.54 Å². The van der Waals surface area contributed by atoms with Crippen molar-refractivity contribution in [3.63, 3.8) is 0 Å². The quantitative estimate of drug-likeness (QED) is 0.717. The second-order valence-corrected chi connectivity index (χ2v) is 5.77. The molecule has 0 spiro atoms. The lowest BCUT2D eigenvalue weighted by Gasteiger charge is -2.30. The van der Waals surface area contributed by atoms with E-state index in [0.29, 0.717) is 18.4 Å². The molecule has 2 heterocycles. The molecule has 1 amide bonds. The van der Waals surface area contributed by atoms with Crippen molar-refractivity contribution in [1.29, 1.82) is 0 Å². The van der Waals surface area contributed by atoms with E-state index in [4.69, 9.17) is 0 Å². The van der Waals surface area contributed by atoms with Gasteiger partial charge in [-0.1, -0.05) is 28.1 Å². The van der Waals surface area contributed by atoms with Crippen molar-refractivity contribution >= 4 is 21.8 Å². The fraction of sp³-hybridized carbons (Fsp3) is 0.500. The molecule has 17 heavy (non-hydrogen) atoms. The number of fused-ring (bicyclic) bond motifs is 3. The lowest BCUT2D eigenvalue weighted by Crippen LogP contribution is -2.30. The van der Waals surface area contributed by atoms with E-state index in [-0.39, 0.29) is 0 Å². The van der Waals surface area contributed by atoms with Gasteiger partial charge in [0.15, 0.2) is 0 Å². The van der Waals surface area contributed by atoms with Crippen LogP contribution in [-0.4, -0.2) is 17.4 Å². The molecule has 0 radical (unpaired) electrons. The van der Waals surface area contributed by atoms with Crippen LogP contribution in [0, 0.1) is 0 Å². The summed E-state index contributed by atoms with van der Waals surface area (Å²) in [6.07, 6.45) is 5.15. The third-order valence-corrected chi connectivity index (χ3v) is 4.59. The molecule has 1 aromatic rings. The molecule has 3 rings (SSSR count). The van der Waals surface area contributed by atoms with Crippen LogP contribution in [0.25, 0.3) is 0 Å². The summed E-state index contributed by atoms with van der Waals surface area (Å²) in [5.41, 5.74) is 2.78. The molecule has 90 valence electrons. The fourth-order valence-corrected chi connectivity index (χ4v) is 3.76. The van der Waals surface area contributed by atoms with Crippen molar-refractivity contribution < 1.29 is 4.79 Å². The summed E-state index contributed by atoms with van der Waals surface area (Å²) in [7, 11) is 0. The first kappa shape index (κ1) is 11.3. The smallest absolute Gasteiger partial charge is 0.223 e. The Hall–Kier alpha value is -0.830. The molecule has 1 saturated heterocycles. The SMILES string of the molecule is O=C1CCC2c3c(Br)cccc3CCCCN12. The lowest BCUT2D eigenvalue weighted by molar-refractivity contribution is -0.129. The van der Waals surface area contributed by atoms with E-state index in [9.17, 15) is 4.79 Å². The Labute approximate surface area is 110 Å². The van der Waals surface area contributed by atoms with Crippen LogP contribution in [0.5, 0.6) is 0 Å². The number of amides is 1. The van der Waals surface area contributed by atoms with Crippen LogP contribution in [0.4, 0.5) is 0 Å². The van der Waals surface area contributed by atoms with E-state index in [2.05, 4.69) is 39.0 Å². The van der Waals surface area contributed by atoms with Crippen LogP contribution in [0.15, 0.2) is 22.7 Å². The topological polar surface area (TPSA) is 20.3 Å². The van der Waals surface area contributed by atoms with Gasteiger partial charge in [-0.3, -0.25) is 4.79 Å². The maximum absolute atomic E-state index is 11.9. The predicted molar refractivity (Wildman–Crippen MR) is 70.8 cm³/mol. The van der Waals surface area contributed by atoms with Gasteiger partial charge in [0.1, 0.15) is 0 Å². The Morgan fingerprint density at radius 2 is 2.12 bits per heavy atom. The normalized spacial score (nSPS) is 23.9. The molecule has 2 aliphatic rings. The molecule has 0 saturated carbocycles. The fourth-order valence-electron chi connectivity index (χ4n) is 3.08. The van der Waals surface area contributed by atoms with Gasteiger partial charge in [-0.15, -0.1) is 0 Å². The van der Waals surface area contributed by atoms with Gasteiger partial charge in [-0.05, 0) is 42.9 Å². The Balaban J connectivity index is 2.09. The maximum atomic E-state index is 11.9. The lowest BCUT2D eigenvalue weighted by atomic mass is 9.93. The molecule has 3 heteroatoms. The van der Waals surface area contributed by atoms with E-state index in [0.717, 1.165) is 25.8 Å². The van der Waals surface area contributed by atoms with Gasteiger partial charge in [0.2, 0.25) is 5.91 Å².